The lowest BCUT2D eigenvalue weighted by atomic mass is 9.99. The highest BCUT2D eigenvalue weighted by Gasteiger charge is 2.20. The van der Waals surface area contributed by atoms with Crippen LogP contribution in [-0.2, 0) is 17.8 Å². The predicted molar refractivity (Wildman–Crippen MR) is 65.6 cm³/mol. The molecule has 1 aliphatic heterocycles. The van der Waals surface area contributed by atoms with E-state index in [-0.39, 0.29) is 5.91 Å². The fourth-order valence-corrected chi connectivity index (χ4v) is 2.17. The Bertz CT molecular complexity index is 412. The molecular formula is C13H18N2O. The van der Waals surface area contributed by atoms with E-state index in [2.05, 4.69) is 37.2 Å². The van der Waals surface area contributed by atoms with E-state index in [1.54, 1.807) is 4.90 Å². The minimum Gasteiger partial charge on any atom is -0.315 e. The van der Waals surface area contributed by atoms with Crippen molar-refractivity contribution in [2.45, 2.75) is 19.4 Å². The normalized spacial score (nSPS) is 15.5. The zero-order valence-electron chi connectivity index (χ0n) is 10.2. The predicted octanol–water partition coefficient (Wildman–Crippen LogP) is 1.66. The molecule has 3 nitrogen and oxygen atoms in total. The summed E-state index contributed by atoms with van der Waals surface area (Å²) in [5.74, 6) is 0.216. The second-order valence-electron chi connectivity index (χ2n) is 4.65. The molecule has 1 aromatic carbocycles. The largest absolute Gasteiger partial charge is 0.315 e. The van der Waals surface area contributed by atoms with E-state index in [4.69, 9.17) is 0 Å². The van der Waals surface area contributed by atoms with Gasteiger partial charge in [0, 0.05) is 25.7 Å². The van der Waals surface area contributed by atoms with Crippen LogP contribution in [0.25, 0.3) is 0 Å². The third-order valence-corrected chi connectivity index (χ3v) is 2.99. The number of carbonyl (C=O) groups is 1. The molecule has 1 amide bonds. The van der Waals surface area contributed by atoms with Gasteiger partial charge in [0.15, 0.2) is 0 Å². The third kappa shape index (κ3) is 2.09. The summed E-state index contributed by atoms with van der Waals surface area (Å²) in [7, 11) is 5.98. The van der Waals surface area contributed by atoms with Gasteiger partial charge in [0.05, 0.1) is 0 Å². The van der Waals surface area contributed by atoms with Crippen molar-refractivity contribution in [2.75, 3.05) is 26.0 Å². The van der Waals surface area contributed by atoms with Gasteiger partial charge in [-0.3, -0.25) is 4.79 Å². The Morgan fingerprint density at radius 2 is 2.06 bits per heavy atom. The summed E-state index contributed by atoms with van der Waals surface area (Å²) in [5.41, 5.74) is 3.67. The van der Waals surface area contributed by atoms with Crippen molar-refractivity contribution in [1.29, 1.82) is 0 Å². The molecule has 0 N–H and O–H groups in total. The molecule has 1 aliphatic rings. The Kier molecular flexibility index (Phi) is 2.97. The smallest absolute Gasteiger partial charge is 0.227 e. The minimum absolute atomic E-state index is 0.216. The van der Waals surface area contributed by atoms with Crippen molar-refractivity contribution in [3.8, 4) is 0 Å². The van der Waals surface area contributed by atoms with Gasteiger partial charge in [-0.05, 0) is 37.7 Å². The fraction of sp³-hybridized carbons (Fsp3) is 0.462. The van der Waals surface area contributed by atoms with Crippen LogP contribution in [0.5, 0.6) is 0 Å². The molecule has 0 aromatic heterocycles. The van der Waals surface area contributed by atoms with Crippen molar-refractivity contribution in [1.82, 2.24) is 4.90 Å². The summed E-state index contributed by atoms with van der Waals surface area (Å²) in [4.78, 5) is 15.5. The van der Waals surface area contributed by atoms with Crippen LogP contribution in [0.3, 0.4) is 0 Å². The van der Waals surface area contributed by atoms with Gasteiger partial charge in [0.1, 0.15) is 0 Å². The first kappa shape index (κ1) is 11.1. The molecule has 86 valence electrons. The molecule has 0 atom stereocenters. The van der Waals surface area contributed by atoms with Crippen LogP contribution in [0, 0.1) is 0 Å². The number of anilines is 1. The van der Waals surface area contributed by atoms with Gasteiger partial charge >= 0.3 is 0 Å². The second-order valence-corrected chi connectivity index (χ2v) is 4.65. The fourth-order valence-electron chi connectivity index (χ4n) is 2.17. The highest BCUT2D eigenvalue weighted by Crippen LogP contribution is 2.27. The number of fused-ring (bicyclic) bond motifs is 1. The molecule has 0 radical (unpaired) electrons. The first-order chi connectivity index (χ1) is 7.58. The molecule has 3 heteroatoms. The van der Waals surface area contributed by atoms with E-state index >= 15 is 0 Å². The average molecular weight is 218 g/mol. The molecule has 1 heterocycles. The van der Waals surface area contributed by atoms with E-state index < -0.39 is 0 Å². The molecule has 2 rings (SSSR count). The molecule has 0 bridgehead atoms. The van der Waals surface area contributed by atoms with Gasteiger partial charge in [-0.1, -0.05) is 12.1 Å². The maximum absolute atomic E-state index is 11.5. The first-order valence-corrected chi connectivity index (χ1v) is 5.61. The maximum Gasteiger partial charge on any atom is 0.227 e. The van der Waals surface area contributed by atoms with Gasteiger partial charge < -0.3 is 9.80 Å². The summed E-state index contributed by atoms with van der Waals surface area (Å²) in [6.07, 6.45) is 1.51. The van der Waals surface area contributed by atoms with Crippen LogP contribution in [0.4, 0.5) is 5.69 Å². The van der Waals surface area contributed by atoms with Gasteiger partial charge in [-0.25, -0.2) is 0 Å². The van der Waals surface area contributed by atoms with E-state index in [1.807, 2.05) is 7.05 Å². The van der Waals surface area contributed by atoms with Crippen molar-refractivity contribution < 1.29 is 4.79 Å². The number of hydrogen-bond acceptors (Lipinski definition) is 2. The second kappa shape index (κ2) is 4.26. The molecule has 1 aromatic rings. The Morgan fingerprint density at radius 1 is 1.31 bits per heavy atom. The van der Waals surface area contributed by atoms with E-state index in [1.165, 1.54) is 11.1 Å². The topological polar surface area (TPSA) is 23.6 Å². The molecule has 0 unspecified atom stereocenters. The molecule has 0 saturated heterocycles. The Balaban J connectivity index is 2.30. The van der Waals surface area contributed by atoms with Crippen LogP contribution in [0.2, 0.25) is 0 Å². The lowest BCUT2D eigenvalue weighted by molar-refractivity contribution is -0.118. The SMILES string of the molecule is CN(C)Cc1ccc2c(c1)CCC(=O)N2C. The number of benzene rings is 1. The third-order valence-electron chi connectivity index (χ3n) is 2.99. The summed E-state index contributed by atoms with van der Waals surface area (Å²) in [6.45, 7) is 0.949. The maximum atomic E-state index is 11.5. The van der Waals surface area contributed by atoms with Gasteiger partial charge in [-0.2, -0.15) is 0 Å². The molecule has 0 saturated carbocycles. The first-order valence-electron chi connectivity index (χ1n) is 5.61. The number of amides is 1. The quantitative estimate of drug-likeness (QED) is 0.753. The van der Waals surface area contributed by atoms with Crippen molar-refractivity contribution in [2.24, 2.45) is 0 Å². The summed E-state index contributed by atoms with van der Waals surface area (Å²) in [6, 6.07) is 6.39. The molecule has 0 spiro atoms. The Labute approximate surface area is 96.7 Å². The van der Waals surface area contributed by atoms with Gasteiger partial charge in [0.25, 0.3) is 0 Å². The molecule has 0 aliphatic carbocycles. The number of hydrogen-bond donors (Lipinski definition) is 0. The minimum atomic E-state index is 0.216. The van der Waals surface area contributed by atoms with E-state index in [0.717, 1.165) is 18.7 Å². The van der Waals surface area contributed by atoms with E-state index in [9.17, 15) is 4.79 Å². The Hall–Kier alpha value is -1.35. The molecule has 0 fully saturated rings. The number of rotatable bonds is 2. The van der Waals surface area contributed by atoms with Crippen molar-refractivity contribution in [3.63, 3.8) is 0 Å². The van der Waals surface area contributed by atoms with Gasteiger partial charge in [0.2, 0.25) is 5.91 Å². The van der Waals surface area contributed by atoms with Crippen LogP contribution in [0.1, 0.15) is 17.5 Å². The standard InChI is InChI=1S/C13H18N2O/c1-14(2)9-10-4-6-12-11(8-10)5-7-13(16)15(12)3/h4,6,8H,5,7,9H2,1-3H3. The van der Waals surface area contributed by atoms with Crippen LogP contribution >= 0.6 is 0 Å². The summed E-state index contributed by atoms with van der Waals surface area (Å²) < 4.78 is 0. The Morgan fingerprint density at radius 3 is 2.75 bits per heavy atom. The number of aryl methyl sites for hydroxylation is 1. The molecular weight excluding hydrogens is 200 g/mol. The lowest BCUT2D eigenvalue weighted by Gasteiger charge is -2.26. The van der Waals surface area contributed by atoms with Crippen LogP contribution in [0.15, 0.2) is 18.2 Å². The highest BCUT2D eigenvalue weighted by atomic mass is 16.2. The van der Waals surface area contributed by atoms with Crippen molar-refractivity contribution >= 4 is 11.6 Å². The number of nitrogens with zero attached hydrogens (tertiary/aromatic N) is 2. The summed E-state index contributed by atoms with van der Waals surface area (Å²) in [5, 5.41) is 0. The molecule has 16 heavy (non-hydrogen) atoms. The zero-order valence-corrected chi connectivity index (χ0v) is 10.2. The van der Waals surface area contributed by atoms with E-state index in [0.29, 0.717) is 6.42 Å². The average Bonchev–Trinajstić information content (AvgIpc) is 2.23. The van der Waals surface area contributed by atoms with Crippen LogP contribution in [-0.4, -0.2) is 32.0 Å². The zero-order chi connectivity index (χ0) is 11.7. The van der Waals surface area contributed by atoms with Crippen LogP contribution < -0.4 is 4.90 Å². The monoisotopic (exact) mass is 218 g/mol. The van der Waals surface area contributed by atoms with Gasteiger partial charge in [-0.15, -0.1) is 0 Å². The number of carbonyl (C=O) groups excluding carboxylic acids is 1. The summed E-state index contributed by atoms with van der Waals surface area (Å²) >= 11 is 0. The van der Waals surface area contributed by atoms with Crippen molar-refractivity contribution in [3.05, 3.63) is 29.3 Å². The lowest BCUT2D eigenvalue weighted by Crippen LogP contribution is -2.31. The highest BCUT2D eigenvalue weighted by molar-refractivity contribution is 5.95.